The van der Waals surface area contributed by atoms with Crippen LogP contribution in [0.3, 0.4) is 0 Å². The molecule has 1 heterocycles. The summed E-state index contributed by atoms with van der Waals surface area (Å²) in [4.78, 5) is 16.7. The van der Waals surface area contributed by atoms with Crippen LogP contribution < -0.4 is 5.32 Å². The third-order valence-electron chi connectivity index (χ3n) is 2.98. The Kier molecular flexibility index (Phi) is 6.18. The number of aromatic nitrogens is 1. The van der Waals surface area contributed by atoms with Crippen molar-refractivity contribution in [2.75, 3.05) is 0 Å². The van der Waals surface area contributed by atoms with Crippen LogP contribution in [0.2, 0.25) is 0 Å². The molecule has 0 saturated heterocycles. The SMILES string of the molecule is CC(C)(C)OC(=O)N[C@H](Cc1ccccc1)c1nc(CBr)cs1. The Bertz CT molecular complexity index is 638. The Balaban J connectivity index is 2.15. The fraction of sp³-hybridized carbons (Fsp3) is 0.412. The second kappa shape index (κ2) is 7.93. The molecule has 124 valence electrons. The van der Waals surface area contributed by atoms with Crippen molar-refractivity contribution < 1.29 is 9.53 Å². The Morgan fingerprint density at radius 3 is 2.61 bits per heavy atom. The van der Waals surface area contributed by atoms with Crippen LogP contribution in [0, 0.1) is 0 Å². The summed E-state index contributed by atoms with van der Waals surface area (Å²) in [5.41, 5.74) is 1.59. The highest BCUT2D eigenvalue weighted by Crippen LogP contribution is 2.24. The summed E-state index contributed by atoms with van der Waals surface area (Å²) >= 11 is 4.96. The zero-order valence-electron chi connectivity index (χ0n) is 13.5. The van der Waals surface area contributed by atoms with E-state index >= 15 is 0 Å². The molecular formula is C17H21BrN2O2S. The van der Waals surface area contributed by atoms with Crippen molar-refractivity contribution in [1.82, 2.24) is 10.3 Å². The van der Waals surface area contributed by atoms with Crippen LogP contribution in [0.15, 0.2) is 35.7 Å². The van der Waals surface area contributed by atoms with Gasteiger partial charge >= 0.3 is 6.09 Å². The predicted molar refractivity (Wildman–Crippen MR) is 97.0 cm³/mol. The monoisotopic (exact) mass is 396 g/mol. The highest BCUT2D eigenvalue weighted by Gasteiger charge is 2.22. The number of nitrogens with zero attached hydrogens (tertiary/aromatic N) is 1. The lowest BCUT2D eigenvalue weighted by atomic mass is 10.1. The molecule has 0 radical (unpaired) electrons. The van der Waals surface area contributed by atoms with Crippen molar-refractivity contribution in [3.8, 4) is 0 Å². The van der Waals surface area contributed by atoms with Gasteiger partial charge in [-0.3, -0.25) is 0 Å². The molecule has 1 N–H and O–H groups in total. The zero-order chi connectivity index (χ0) is 16.9. The van der Waals surface area contributed by atoms with Gasteiger partial charge in [0.25, 0.3) is 0 Å². The Morgan fingerprint density at radius 2 is 2.04 bits per heavy atom. The topological polar surface area (TPSA) is 51.2 Å². The number of nitrogens with one attached hydrogen (secondary N) is 1. The smallest absolute Gasteiger partial charge is 0.408 e. The first kappa shape index (κ1) is 17.9. The molecule has 1 aromatic carbocycles. The number of alkyl halides is 1. The molecule has 1 aromatic heterocycles. The van der Waals surface area contributed by atoms with Crippen LogP contribution in [0.4, 0.5) is 4.79 Å². The lowest BCUT2D eigenvalue weighted by Gasteiger charge is -2.23. The van der Waals surface area contributed by atoms with Gasteiger partial charge in [-0.25, -0.2) is 9.78 Å². The molecule has 2 aromatic rings. The van der Waals surface area contributed by atoms with Gasteiger partial charge in [0.2, 0.25) is 0 Å². The van der Waals surface area contributed by atoms with E-state index in [0.717, 1.165) is 16.3 Å². The first-order valence-corrected chi connectivity index (χ1v) is 9.41. The number of amides is 1. The molecule has 1 atom stereocenters. The van der Waals surface area contributed by atoms with Crippen molar-refractivity contribution in [1.29, 1.82) is 0 Å². The number of thiazole rings is 1. The van der Waals surface area contributed by atoms with Crippen LogP contribution in [0.1, 0.15) is 43.1 Å². The molecule has 0 aliphatic heterocycles. The van der Waals surface area contributed by atoms with E-state index in [-0.39, 0.29) is 6.04 Å². The van der Waals surface area contributed by atoms with Crippen molar-refractivity contribution >= 4 is 33.4 Å². The van der Waals surface area contributed by atoms with Crippen molar-refractivity contribution in [2.24, 2.45) is 0 Å². The maximum absolute atomic E-state index is 12.1. The van der Waals surface area contributed by atoms with Crippen LogP contribution in [-0.2, 0) is 16.5 Å². The van der Waals surface area contributed by atoms with Gasteiger partial charge in [0.05, 0.1) is 11.7 Å². The van der Waals surface area contributed by atoms with Gasteiger partial charge in [0.15, 0.2) is 0 Å². The van der Waals surface area contributed by atoms with E-state index < -0.39 is 11.7 Å². The van der Waals surface area contributed by atoms with Crippen molar-refractivity contribution in [2.45, 2.75) is 44.2 Å². The van der Waals surface area contributed by atoms with Crippen LogP contribution in [0.5, 0.6) is 0 Å². The standard InChI is InChI=1S/C17H21BrN2O2S/c1-17(2,3)22-16(21)20-14(9-12-7-5-4-6-8-12)15-19-13(10-18)11-23-15/h4-8,11,14H,9-10H2,1-3H3,(H,20,21)/t14-/m1/s1. The number of ether oxygens (including phenoxy) is 1. The van der Waals surface area contributed by atoms with E-state index in [1.807, 2.05) is 56.5 Å². The number of rotatable bonds is 5. The number of carbonyl (C=O) groups is 1. The maximum Gasteiger partial charge on any atom is 0.408 e. The number of halogens is 1. The van der Waals surface area contributed by atoms with E-state index in [9.17, 15) is 4.79 Å². The fourth-order valence-electron chi connectivity index (χ4n) is 2.04. The summed E-state index contributed by atoms with van der Waals surface area (Å²) in [5, 5.41) is 6.53. The van der Waals surface area contributed by atoms with Gasteiger partial charge in [0, 0.05) is 10.7 Å². The Hall–Kier alpha value is -1.40. The second-order valence-electron chi connectivity index (χ2n) is 6.20. The van der Waals surface area contributed by atoms with Gasteiger partial charge in [-0.05, 0) is 32.8 Å². The van der Waals surface area contributed by atoms with Gasteiger partial charge in [-0.2, -0.15) is 0 Å². The molecule has 1 amide bonds. The minimum absolute atomic E-state index is 0.204. The van der Waals surface area contributed by atoms with Crippen LogP contribution in [0.25, 0.3) is 0 Å². The molecule has 0 bridgehead atoms. The van der Waals surface area contributed by atoms with Gasteiger partial charge < -0.3 is 10.1 Å². The molecule has 0 unspecified atom stereocenters. The molecular weight excluding hydrogens is 376 g/mol. The summed E-state index contributed by atoms with van der Waals surface area (Å²) in [6.45, 7) is 5.56. The van der Waals surface area contributed by atoms with E-state index in [0.29, 0.717) is 11.8 Å². The number of benzene rings is 1. The third kappa shape index (κ3) is 5.95. The van der Waals surface area contributed by atoms with Gasteiger partial charge in [-0.15, -0.1) is 11.3 Å². The van der Waals surface area contributed by atoms with Crippen molar-refractivity contribution in [3.05, 3.63) is 52.0 Å². The number of hydrogen-bond acceptors (Lipinski definition) is 4. The summed E-state index contributed by atoms with van der Waals surface area (Å²) in [7, 11) is 0. The fourth-order valence-corrected chi connectivity index (χ4v) is 3.41. The largest absolute Gasteiger partial charge is 0.444 e. The lowest BCUT2D eigenvalue weighted by molar-refractivity contribution is 0.0503. The second-order valence-corrected chi connectivity index (χ2v) is 7.65. The molecule has 23 heavy (non-hydrogen) atoms. The van der Waals surface area contributed by atoms with E-state index in [4.69, 9.17) is 4.74 Å². The predicted octanol–water partition coefficient (Wildman–Crippen LogP) is 4.85. The van der Waals surface area contributed by atoms with Crippen molar-refractivity contribution in [3.63, 3.8) is 0 Å². The van der Waals surface area contributed by atoms with E-state index in [2.05, 4.69) is 26.2 Å². The summed E-state index contributed by atoms with van der Waals surface area (Å²) in [5.74, 6) is 0. The third-order valence-corrected chi connectivity index (χ3v) is 4.56. The first-order chi connectivity index (χ1) is 10.9. The first-order valence-electron chi connectivity index (χ1n) is 7.41. The summed E-state index contributed by atoms with van der Waals surface area (Å²) in [6, 6.07) is 9.85. The molecule has 0 aliphatic carbocycles. The summed E-state index contributed by atoms with van der Waals surface area (Å²) in [6.07, 6.45) is 0.254. The molecule has 4 nitrogen and oxygen atoms in total. The molecule has 0 spiro atoms. The number of hydrogen-bond donors (Lipinski definition) is 1. The highest BCUT2D eigenvalue weighted by atomic mass is 79.9. The quantitative estimate of drug-likeness (QED) is 0.734. The minimum Gasteiger partial charge on any atom is -0.444 e. The minimum atomic E-state index is -0.523. The number of carbonyl (C=O) groups excluding carboxylic acids is 1. The average Bonchev–Trinajstić information content (AvgIpc) is 2.94. The van der Waals surface area contributed by atoms with Gasteiger partial charge in [-0.1, -0.05) is 46.3 Å². The highest BCUT2D eigenvalue weighted by molar-refractivity contribution is 9.08. The van der Waals surface area contributed by atoms with Crippen LogP contribution >= 0.6 is 27.3 Å². The molecule has 0 saturated carbocycles. The summed E-state index contributed by atoms with van der Waals surface area (Å²) < 4.78 is 5.38. The molecule has 0 aliphatic rings. The lowest BCUT2D eigenvalue weighted by Crippen LogP contribution is -2.35. The Morgan fingerprint density at radius 1 is 1.35 bits per heavy atom. The van der Waals surface area contributed by atoms with E-state index in [1.54, 1.807) is 11.3 Å². The maximum atomic E-state index is 12.1. The molecule has 0 fully saturated rings. The normalized spacial score (nSPS) is 12.7. The number of alkyl carbamates (subject to hydrolysis) is 1. The zero-order valence-corrected chi connectivity index (χ0v) is 15.9. The van der Waals surface area contributed by atoms with Crippen LogP contribution in [-0.4, -0.2) is 16.7 Å². The van der Waals surface area contributed by atoms with E-state index in [1.165, 1.54) is 0 Å². The molecule has 2 rings (SSSR count). The Labute approximate surface area is 149 Å². The van der Waals surface area contributed by atoms with Gasteiger partial charge in [0.1, 0.15) is 10.6 Å². The molecule has 6 heteroatoms. The average molecular weight is 397 g/mol.